The molecular weight excluding hydrogens is 900 g/mol. The molecule has 6 aliphatic rings. The Morgan fingerprint density at radius 2 is 1.06 bits per heavy atom. The van der Waals surface area contributed by atoms with Crippen LogP contribution in [-0.2, 0) is 38.3 Å². The van der Waals surface area contributed by atoms with Gasteiger partial charge in [0.05, 0.1) is 12.6 Å². The maximum absolute atomic E-state index is 13.0. The van der Waals surface area contributed by atoms with Crippen molar-refractivity contribution in [2.45, 2.75) is 81.5 Å². The molecule has 14 heteroatoms. The summed E-state index contributed by atoms with van der Waals surface area (Å²) in [4.78, 5) is 46.0. The second kappa shape index (κ2) is 21.8. The number of likely N-dealkylation sites (tertiary alicyclic amines) is 4. The summed E-state index contributed by atoms with van der Waals surface area (Å²) in [5, 5.41) is 19.6. The summed E-state index contributed by atoms with van der Waals surface area (Å²) in [5.74, 6) is 0.570. The third-order valence-corrected chi connectivity index (χ3v) is 16.2. The van der Waals surface area contributed by atoms with Crippen molar-refractivity contribution in [3.8, 4) is 0 Å². The Hall–Kier alpha value is -4.85. The van der Waals surface area contributed by atoms with Crippen molar-refractivity contribution in [2.24, 2.45) is 11.8 Å². The first-order valence-corrected chi connectivity index (χ1v) is 25.4. The first-order valence-electron chi connectivity index (χ1n) is 24.7. The van der Waals surface area contributed by atoms with E-state index in [4.69, 9.17) is 32.7 Å². The summed E-state index contributed by atoms with van der Waals surface area (Å²) in [7, 11) is 0. The fourth-order valence-electron chi connectivity index (χ4n) is 11.4. The smallest absolute Gasteiger partial charge is 0.410 e. The number of ketones is 1. The molecule has 4 aromatic rings. The summed E-state index contributed by atoms with van der Waals surface area (Å²) >= 11 is 12.3. The number of Topliss-reactive ketones (excluding diaryl/α,β-unsaturated/α-hetero) is 1. The second-order valence-electron chi connectivity index (χ2n) is 19.9. The predicted octanol–water partition coefficient (Wildman–Crippen LogP) is 9.47. The van der Waals surface area contributed by atoms with Crippen LogP contribution in [0.5, 0.6) is 0 Å². The number of fused-ring (bicyclic) bond motifs is 4. The van der Waals surface area contributed by atoms with Gasteiger partial charge >= 0.3 is 12.2 Å². The molecular formula is C54H68Cl2N6O6. The van der Waals surface area contributed by atoms with Crippen molar-refractivity contribution in [1.29, 1.82) is 0 Å². The lowest BCUT2D eigenvalue weighted by Crippen LogP contribution is -2.48. The molecule has 12 nitrogen and oxygen atoms in total. The number of nitrogens with one attached hydrogen (secondary N) is 2. The van der Waals surface area contributed by atoms with Gasteiger partial charge in [0.2, 0.25) is 0 Å². The summed E-state index contributed by atoms with van der Waals surface area (Å²) in [5.41, 5.74) is 7.41. The molecule has 4 saturated heterocycles. The molecule has 6 heterocycles. The Balaban J connectivity index is 0.000000183. The van der Waals surface area contributed by atoms with Gasteiger partial charge in [0.1, 0.15) is 19.0 Å². The van der Waals surface area contributed by atoms with Gasteiger partial charge in [-0.15, -0.1) is 0 Å². The van der Waals surface area contributed by atoms with Crippen LogP contribution in [0.15, 0.2) is 97.1 Å². The van der Waals surface area contributed by atoms with Gasteiger partial charge in [-0.05, 0) is 130 Å². The number of ether oxygens (including phenoxy) is 2. The fourth-order valence-corrected chi connectivity index (χ4v) is 11.7. The molecule has 0 unspecified atom stereocenters. The number of rotatable bonds is 10. The van der Waals surface area contributed by atoms with Crippen LogP contribution in [-0.4, -0.2) is 127 Å². The normalized spacial score (nSPS) is 20.6. The number of nitrogens with zero attached hydrogens (tertiary/aromatic N) is 4. The second-order valence-corrected chi connectivity index (χ2v) is 20.8. The molecule has 0 saturated carbocycles. The topological polar surface area (TPSA) is 127 Å². The van der Waals surface area contributed by atoms with Crippen LogP contribution >= 0.6 is 23.2 Å². The minimum atomic E-state index is -0.357. The Morgan fingerprint density at radius 1 is 0.618 bits per heavy atom. The van der Waals surface area contributed by atoms with Crippen molar-refractivity contribution in [1.82, 2.24) is 19.6 Å². The molecule has 4 aromatic carbocycles. The van der Waals surface area contributed by atoms with Gasteiger partial charge in [-0.2, -0.15) is 0 Å². The molecule has 0 radical (unpaired) electrons. The van der Waals surface area contributed by atoms with E-state index in [1.165, 1.54) is 16.8 Å². The first-order chi connectivity index (χ1) is 33.0. The number of β-amino-alcohol motifs (C(OH)–C–C–N with tert-alkyl or cyclic N) is 1. The third kappa shape index (κ3) is 11.4. The summed E-state index contributed by atoms with van der Waals surface area (Å²) < 4.78 is 10.9. The highest BCUT2D eigenvalue weighted by Gasteiger charge is 2.43. The predicted molar refractivity (Wildman–Crippen MR) is 270 cm³/mol. The van der Waals surface area contributed by atoms with Crippen molar-refractivity contribution < 1.29 is 30.4 Å². The van der Waals surface area contributed by atoms with Crippen LogP contribution in [0.2, 0.25) is 10.0 Å². The zero-order chi connectivity index (χ0) is 47.1. The summed E-state index contributed by atoms with van der Waals surface area (Å²) in [6.45, 7) is 10.0. The average molecular weight is 968 g/mol. The quantitative estimate of drug-likeness (QED) is 0.142. The molecule has 1 atom stereocenters. The van der Waals surface area contributed by atoms with Crippen LogP contribution in [0.25, 0.3) is 0 Å². The Morgan fingerprint density at radius 3 is 1.53 bits per heavy atom. The highest BCUT2D eigenvalue weighted by Crippen LogP contribution is 2.46. The van der Waals surface area contributed by atoms with Crippen LogP contribution in [0.1, 0.15) is 75.0 Å². The van der Waals surface area contributed by atoms with Crippen LogP contribution in [0.4, 0.5) is 21.0 Å². The van der Waals surface area contributed by atoms with E-state index in [2.05, 4.69) is 32.6 Å². The van der Waals surface area contributed by atoms with Gasteiger partial charge in [-0.1, -0.05) is 96.0 Å². The number of hydrogen-bond donors (Lipinski definition) is 3. The average Bonchev–Trinajstić information content (AvgIpc) is 3.90. The standard InChI is InChI=1S/C27H34ClN3O3.C27H32ClN3O3.H2/c2*28-22-6-7-23-24(16-22)29-19-27(23)10-14-30(15-11-27)17-25(32)21-8-12-31(13-9-21)26(33)34-18-20-4-2-1-3-5-20;/h1-7,16,21,25,29,32H,8-15,17-19H2;1-7,16,21,29H,8-15,17-19H2;1H/t25-;;/m1../s1. The Kier molecular flexibility index (Phi) is 15.5. The van der Waals surface area contributed by atoms with Crippen LogP contribution in [0, 0.1) is 11.8 Å². The maximum Gasteiger partial charge on any atom is 0.410 e. The lowest BCUT2D eigenvalue weighted by atomic mass is 9.74. The molecule has 364 valence electrons. The van der Waals surface area contributed by atoms with Crippen molar-refractivity contribution in [2.75, 3.05) is 89.2 Å². The number of aliphatic hydroxyl groups excluding tert-OH is 1. The molecule has 0 aromatic heterocycles. The maximum atomic E-state index is 13.0. The van der Waals surface area contributed by atoms with Gasteiger partial charge < -0.3 is 39.9 Å². The highest BCUT2D eigenvalue weighted by molar-refractivity contribution is 6.31. The van der Waals surface area contributed by atoms with E-state index in [0.717, 1.165) is 117 Å². The molecule has 68 heavy (non-hydrogen) atoms. The lowest BCUT2D eigenvalue weighted by molar-refractivity contribution is -0.125. The number of amides is 2. The van der Waals surface area contributed by atoms with E-state index in [1.54, 1.807) is 9.80 Å². The van der Waals surface area contributed by atoms with E-state index in [0.29, 0.717) is 51.7 Å². The molecule has 10 rings (SSSR count). The number of hydrogen-bond acceptors (Lipinski definition) is 10. The number of halogens is 2. The number of carbonyl (C=O) groups is 3. The van der Waals surface area contributed by atoms with Gasteiger partial charge in [0.15, 0.2) is 0 Å². The molecule has 2 spiro atoms. The lowest BCUT2D eigenvalue weighted by Gasteiger charge is -2.41. The van der Waals surface area contributed by atoms with Crippen LogP contribution in [0.3, 0.4) is 0 Å². The minimum absolute atomic E-state index is 0. The van der Waals surface area contributed by atoms with Crippen LogP contribution < -0.4 is 10.6 Å². The number of carbonyl (C=O) groups excluding carboxylic acids is 3. The molecule has 3 N–H and O–H groups in total. The van der Waals surface area contributed by atoms with E-state index in [1.807, 2.05) is 84.9 Å². The number of piperidine rings is 4. The monoisotopic (exact) mass is 966 g/mol. The number of anilines is 2. The van der Waals surface area contributed by atoms with Crippen molar-refractivity contribution in [3.63, 3.8) is 0 Å². The molecule has 0 aliphatic carbocycles. The molecule has 4 fully saturated rings. The Bertz CT molecular complexity index is 2350. The van der Waals surface area contributed by atoms with Gasteiger partial charge in [-0.3, -0.25) is 9.69 Å². The molecule has 0 bridgehead atoms. The molecule has 6 aliphatic heterocycles. The first kappa shape index (κ1) is 48.2. The minimum Gasteiger partial charge on any atom is -0.445 e. The zero-order valence-corrected chi connectivity index (χ0v) is 40.6. The summed E-state index contributed by atoms with van der Waals surface area (Å²) in [6, 6.07) is 31.8. The molecule has 2 amide bonds. The SMILES string of the molecule is O=C(CN1CCC2(CC1)CNc1cc(Cl)ccc12)C1CCN(C(=O)OCc2ccccc2)CC1.O=C(OCc1ccccc1)N1CCC([C@H](O)CN2CCC3(CC2)CNc2cc(Cl)ccc23)CC1.[HH]. The van der Waals surface area contributed by atoms with Crippen molar-refractivity contribution >= 4 is 52.5 Å². The third-order valence-electron chi connectivity index (χ3n) is 15.8. The van der Waals surface area contributed by atoms with E-state index in [-0.39, 0.29) is 49.0 Å². The largest absolute Gasteiger partial charge is 0.445 e. The zero-order valence-electron chi connectivity index (χ0n) is 39.1. The van der Waals surface area contributed by atoms with Gasteiger partial charge in [0.25, 0.3) is 0 Å². The summed E-state index contributed by atoms with van der Waals surface area (Å²) in [6.07, 6.45) is 6.44. The van der Waals surface area contributed by atoms with Gasteiger partial charge in [0, 0.05) is 85.4 Å². The highest BCUT2D eigenvalue weighted by atomic mass is 35.5. The van der Waals surface area contributed by atoms with E-state index < -0.39 is 0 Å². The number of aliphatic hydroxyl groups is 1. The van der Waals surface area contributed by atoms with E-state index >= 15 is 0 Å². The number of benzene rings is 4. The fraction of sp³-hybridized carbons (Fsp3) is 0.500. The van der Waals surface area contributed by atoms with Gasteiger partial charge in [-0.25, -0.2) is 9.59 Å². The van der Waals surface area contributed by atoms with E-state index in [9.17, 15) is 19.5 Å². The van der Waals surface area contributed by atoms with Crippen molar-refractivity contribution in [3.05, 3.63) is 129 Å². The Labute approximate surface area is 412 Å².